The van der Waals surface area contributed by atoms with Gasteiger partial charge in [0, 0.05) is 25.2 Å². The van der Waals surface area contributed by atoms with E-state index in [1.807, 2.05) is 37.3 Å². The zero-order valence-electron chi connectivity index (χ0n) is 15.6. The van der Waals surface area contributed by atoms with Crippen LogP contribution in [0.15, 0.2) is 59.5 Å². The second-order valence-corrected chi connectivity index (χ2v) is 8.95. The minimum Gasteiger partial charge on any atom is -0.351 e. The predicted octanol–water partition coefficient (Wildman–Crippen LogP) is 3.39. The zero-order valence-corrected chi connectivity index (χ0v) is 16.4. The van der Waals surface area contributed by atoms with Gasteiger partial charge >= 0.3 is 0 Å². The van der Waals surface area contributed by atoms with Gasteiger partial charge in [0.25, 0.3) is 5.91 Å². The van der Waals surface area contributed by atoms with Crippen LogP contribution in [0.2, 0.25) is 0 Å². The molecule has 1 aliphatic rings. The summed E-state index contributed by atoms with van der Waals surface area (Å²) in [6, 6.07) is 16.3. The lowest BCUT2D eigenvalue weighted by Crippen LogP contribution is -2.35. The Labute approximate surface area is 161 Å². The van der Waals surface area contributed by atoms with Crippen molar-refractivity contribution < 1.29 is 13.2 Å². The van der Waals surface area contributed by atoms with Crippen molar-refractivity contribution in [3.05, 3.63) is 65.7 Å². The molecule has 3 rings (SSSR count). The molecule has 1 amide bonds. The van der Waals surface area contributed by atoms with Crippen LogP contribution in [0.4, 0.5) is 0 Å². The average Bonchev–Trinajstić information content (AvgIpc) is 2.73. The summed E-state index contributed by atoms with van der Waals surface area (Å²) in [4.78, 5) is 12.7. The van der Waals surface area contributed by atoms with E-state index < -0.39 is 10.0 Å². The molecule has 144 valence electrons. The first kappa shape index (κ1) is 19.6. The van der Waals surface area contributed by atoms with Crippen molar-refractivity contribution >= 4 is 15.9 Å². The van der Waals surface area contributed by atoms with E-state index in [9.17, 15) is 13.2 Å². The molecule has 1 fully saturated rings. The zero-order chi connectivity index (χ0) is 19.3. The second kappa shape index (κ2) is 8.67. The van der Waals surface area contributed by atoms with E-state index in [0.717, 1.165) is 24.8 Å². The van der Waals surface area contributed by atoms with Gasteiger partial charge in [-0.15, -0.1) is 0 Å². The SMILES string of the molecule is C[C@H](CNC(=O)c1cccc(S(=O)(=O)N2CCCCC2)c1)c1ccccc1. The van der Waals surface area contributed by atoms with Crippen molar-refractivity contribution in [2.75, 3.05) is 19.6 Å². The summed E-state index contributed by atoms with van der Waals surface area (Å²) in [5.74, 6) is -0.0797. The highest BCUT2D eigenvalue weighted by Crippen LogP contribution is 2.21. The third-order valence-electron chi connectivity index (χ3n) is 4.99. The first-order valence-electron chi connectivity index (χ1n) is 9.42. The van der Waals surface area contributed by atoms with Crippen molar-refractivity contribution in [1.82, 2.24) is 9.62 Å². The number of carbonyl (C=O) groups is 1. The van der Waals surface area contributed by atoms with E-state index in [-0.39, 0.29) is 16.7 Å². The number of nitrogens with zero attached hydrogens (tertiary/aromatic N) is 1. The van der Waals surface area contributed by atoms with Gasteiger partial charge in [0.05, 0.1) is 4.90 Å². The van der Waals surface area contributed by atoms with Crippen LogP contribution in [0.25, 0.3) is 0 Å². The van der Waals surface area contributed by atoms with Crippen LogP contribution in [0.5, 0.6) is 0 Å². The molecular formula is C21H26N2O3S. The van der Waals surface area contributed by atoms with Crippen molar-refractivity contribution in [2.24, 2.45) is 0 Å². The molecule has 1 N–H and O–H groups in total. The molecule has 0 spiro atoms. The van der Waals surface area contributed by atoms with Crippen LogP contribution in [-0.2, 0) is 10.0 Å². The molecule has 27 heavy (non-hydrogen) atoms. The minimum atomic E-state index is -3.54. The summed E-state index contributed by atoms with van der Waals surface area (Å²) >= 11 is 0. The first-order valence-corrected chi connectivity index (χ1v) is 10.9. The highest BCUT2D eigenvalue weighted by Gasteiger charge is 2.26. The van der Waals surface area contributed by atoms with Gasteiger partial charge in [-0.25, -0.2) is 8.42 Å². The third-order valence-corrected chi connectivity index (χ3v) is 6.88. The van der Waals surface area contributed by atoms with Crippen LogP contribution in [0, 0.1) is 0 Å². The Kier molecular flexibility index (Phi) is 6.29. The number of benzene rings is 2. The highest BCUT2D eigenvalue weighted by atomic mass is 32.2. The van der Waals surface area contributed by atoms with E-state index in [0.29, 0.717) is 25.2 Å². The smallest absolute Gasteiger partial charge is 0.251 e. The molecule has 2 aromatic carbocycles. The number of nitrogens with one attached hydrogen (secondary N) is 1. The molecule has 0 bridgehead atoms. The Balaban J connectivity index is 1.68. The van der Waals surface area contributed by atoms with Gasteiger partial charge in [-0.05, 0) is 42.5 Å². The molecular weight excluding hydrogens is 360 g/mol. The number of piperidine rings is 1. The molecule has 0 unspecified atom stereocenters. The molecule has 0 radical (unpaired) electrons. The van der Waals surface area contributed by atoms with E-state index in [2.05, 4.69) is 5.32 Å². The molecule has 1 heterocycles. The topological polar surface area (TPSA) is 66.5 Å². The van der Waals surface area contributed by atoms with Crippen LogP contribution >= 0.6 is 0 Å². The van der Waals surface area contributed by atoms with Gasteiger partial charge in [0.15, 0.2) is 0 Å². The Morgan fingerprint density at radius 2 is 1.74 bits per heavy atom. The molecule has 0 saturated carbocycles. The lowest BCUT2D eigenvalue weighted by molar-refractivity contribution is 0.0951. The van der Waals surface area contributed by atoms with Crippen molar-refractivity contribution in [3.63, 3.8) is 0 Å². The number of rotatable bonds is 6. The molecule has 5 nitrogen and oxygen atoms in total. The fourth-order valence-electron chi connectivity index (χ4n) is 3.30. The fourth-order valence-corrected chi connectivity index (χ4v) is 4.86. The maximum atomic E-state index is 12.8. The number of hydrogen-bond acceptors (Lipinski definition) is 3. The normalized spacial score (nSPS) is 16.6. The van der Waals surface area contributed by atoms with Crippen LogP contribution < -0.4 is 5.32 Å². The standard InChI is InChI=1S/C21H26N2O3S/c1-17(18-9-4-2-5-10-18)16-22-21(24)19-11-8-12-20(15-19)27(25,26)23-13-6-3-7-14-23/h2,4-5,8-12,15,17H,3,6-7,13-14,16H2,1H3,(H,22,24)/t17-/m1/s1. The Morgan fingerprint density at radius 1 is 1.04 bits per heavy atom. The van der Waals surface area contributed by atoms with Crippen LogP contribution in [0.1, 0.15) is 48.0 Å². The number of carbonyl (C=O) groups excluding carboxylic acids is 1. The number of hydrogen-bond donors (Lipinski definition) is 1. The van der Waals surface area contributed by atoms with Gasteiger partial charge in [0.1, 0.15) is 0 Å². The van der Waals surface area contributed by atoms with Crippen molar-refractivity contribution in [1.29, 1.82) is 0 Å². The second-order valence-electron chi connectivity index (χ2n) is 7.01. The van der Waals surface area contributed by atoms with E-state index >= 15 is 0 Å². The summed E-state index contributed by atoms with van der Waals surface area (Å²) in [7, 11) is -3.54. The lowest BCUT2D eigenvalue weighted by atomic mass is 10.0. The van der Waals surface area contributed by atoms with Crippen LogP contribution in [-0.4, -0.2) is 38.3 Å². The maximum Gasteiger partial charge on any atom is 0.251 e. The largest absolute Gasteiger partial charge is 0.351 e. The third kappa shape index (κ3) is 4.76. The van der Waals surface area contributed by atoms with Gasteiger partial charge < -0.3 is 5.32 Å². The maximum absolute atomic E-state index is 12.8. The van der Waals surface area contributed by atoms with Gasteiger partial charge in [-0.2, -0.15) is 4.31 Å². The van der Waals surface area contributed by atoms with Gasteiger partial charge in [-0.3, -0.25) is 4.79 Å². The molecule has 0 aromatic heterocycles. The summed E-state index contributed by atoms with van der Waals surface area (Å²) in [5.41, 5.74) is 1.52. The Morgan fingerprint density at radius 3 is 2.44 bits per heavy atom. The Bertz CT molecular complexity index is 875. The summed E-state index contributed by atoms with van der Waals surface area (Å²) in [5, 5.41) is 2.91. The first-order chi connectivity index (χ1) is 13.0. The monoisotopic (exact) mass is 386 g/mol. The minimum absolute atomic E-state index is 0.176. The van der Waals surface area contributed by atoms with E-state index in [4.69, 9.17) is 0 Å². The fraction of sp³-hybridized carbons (Fsp3) is 0.381. The summed E-state index contributed by atoms with van der Waals surface area (Å²) in [6.07, 6.45) is 2.83. The highest BCUT2D eigenvalue weighted by molar-refractivity contribution is 7.89. The van der Waals surface area contributed by atoms with Gasteiger partial charge in [-0.1, -0.05) is 49.7 Å². The number of sulfonamides is 1. The average molecular weight is 387 g/mol. The predicted molar refractivity (Wildman–Crippen MR) is 106 cm³/mol. The quantitative estimate of drug-likeness (QED) is 0.827. The van der Waals surface area contributed by atoms with E-state index in [1.165, 1.54) is 10.4 Å². The molecule has 0 aliphatic carbocycles. The van der Waals surface area contributed by atoms with Gasteiger partial charge in [0.2, 0.25) is 10.0 Å². The molecule has 1 atom stereocenters. The molecule has 2 aromatic rings. The summed E-state index contributed by atoms with van der Waals surface area (Å²) in [6.45, 7) is 3.64. The summed E-state index contributed by atoms with van der Waals surface area (Å²) < 4.78 is 27.1. The molecule has 6 heteroatoms. The van der Waals surface area contributed by atoms with Crippen molar-refractivity contribution in [3.8, 4) is 0 Å². The Hall–Kier alpha value is -2.18. The van der Waals surface area contributed by atoms with Crippen LogP contribution in [0.3, 0.4) is 0 Å². The molecule has 1 aliphatic heterocycles. The number of amides is 1. The lowest BCUT2D eigenvalue weighted by Gasteiger charge is -2.26. The van der Waals surface area contributed by atoms with Crippen molar-refractivity contribution in [2.45, 2.75) is 37.0 Å². The van der Waals surface area contributed by atoms with E-state index in [1.54, 1.807) is 18.2 Å². The molecule has 1 saturated heterocycles.